The molecule has 5 nitrogen and oxygen atoms in total. The van der Waals surface area contributed by atoms with Gasteiger partial charge in [-0.2, -0.15) is 13.2 Å². The van der Waals surface area contributed by atoms with Gasteiger partial charge in [-0.15, -0.1) is 0 Å². The van der Waals surface area contributed by atoms with Crippen molar-refractivity contribution in [3.05, 3.63) is 51.5 Å². The molecule has 0 N–H and O–H groups in total. The molecular weight excluding hydrogens is 442 g/mol. The fourth-order valence-electron chi connectivity index (χ4n) is 3.45. The normalized spacial score (nSPS) is 17.1. The van der Waals surface area contributed by atoms with Gasteiger partial charge in [-0.3, -0.25) is 4.90 Å². The summed E-state index contributed by atoms with van der Waals surface area (Å²) in [4.78, 5) is 18.5. The quantitative estimate of drug-likeness (QED) is 0.549. The third-order valence-electron chi connectivity index (χ3n) is 4.79. The van der Waals surface area contributed by atoms with E-state index in [1.165, 1.54) is 12.1 Å². The van der Waals surface area contributed by atoms with Gasteiger partial charge in [0.05, 0.1) is 17.3 Å². The molecule has 0 bridgehead atoms. The second kappa shape index (κ2) is 8.30. The van der Waals surface area contributed by atoms with Crippen LogP contribution < -0.4 is 0 Å². The molecule has 1 unspecified atom stereocenters. The minimum absolute atomic E-state index is 0.200. The number of ether oxygens (including phenoxy) is 1. The van der Waals surface area contributed by atoms with Gasteiger partial charge in [-0.05, 0) is 62.9 Å². The van der Waals surface area contributed by atoms with E-state index in [9.17, 15) is 18.0 Å². The van der Waals surface area contributed by atoms with E-state index in [1.807, 2.05) is 0 Å². The first-order valence-electron chi connectivity index (χ1n) is 9.44. The average molecular weight is 464 g/mol. The van der Waals surface area contributed by atoms with Crippen LogP contribution >= 0.6 is 23.2 Å². The van der Waals surface area contributed by atoms with Crippen molar-refractivity contribution in [2.75, 3.05) is 6.54 Å². The molecule has 164 valence electrons. The predicted octanol–water partition coefficient (Wildman–Crippen LogP) is 6.13. The zero-order chi connectivity index (χ0) is 22.3. The first kappa shape index (κ1) is 22.7. The van der Waals surface area contributed by atoms with Crippen molar-refractivity contribution in [2.45, 2.75) is 58.0 Å². The van der Waals surface area contributed by atoms with Gasteiger partial charge in [-0.25, -0.2) is 9.78 Å². The molecule has 1 aliphatic heterocycles. The second-order valence-electron chi connectivity index (χ2n) is 8.13. The van der Waals surface area contributed by atoms with Gasteiger partial charge in [0.15, 0.2) is 5.15 Å². The minimum Gasteiger partial charge on any atom is -0.444 e. The molecule has 1 amide bonds. The molecule has 0 saturated heterocycles. The largest absolute Gasteiger partial charge is 0.444 e. The first-order chi connectivity index (χ1) is 13.9. The summed E-state index contributed by atoms with van der Waals surface area (Å²) in [6, 6.07) is 4.51. The molecule has 2 aromatic rings. The van der Waals surface area contributed by atoms with E-state index in [2.05, 4.69) is 4.98 Å². The number of halogens is 5. The molecule has 0 spiro atoms. The van der Waals surface area contributed by atoms with Crippen LogP contribution in [-0.2, 0) is 23.9 Å². The summed E-state index contributed by atoms with van der Waals surface area (Å²) in [5.74, 6) is 0. The Labute approximate surface area is 182 Å². The number of imidazole rings is 1. The van der Waals surface area contributed by atoms with E-state index in [0.29, 0.717) is 37.2 Å². The summed E-state index contributed by atoms with van der Waals surface area (Å²) >= 11 is 12.5. The topological polar surface area (TPSA) is 47.4 Å². The SMILES string of the molecule is CC(C)(C)OC(=O)N1CCn2c(Cl)nc(Cl)c2C1CCc1ccc(C(F)(F)F)cc1. The number of amides is 1. The van der Waals surface area contributed by atoms with Crippen LogP contribution in [0, 0.1) is 0 Å². The Balaban J connectivity index is 1.84. The zero-order valence-electron chi connectivity index (χ0n) is 16.8. The summed E-state index contributed by atoms with van der Waals surface area (Å²) in [5.41, 5.74) is -0.0577. The molecule has 2 heterocycles. The van der Waals surface area contributed by atoms with Crippen molar-refractivity contribution in [1.29, 1.82) is 0 Å². The maximum Gasteiger partial charge on any atom is 0.416 e. The third kappa shape index (κ3) is 5.03. The minimum atomic E-state index is -4.38. The van der Waals surface area contributed by atoms with Crippen LogP contribution in [0.3, 0.4) is 0 Å². The number of rotatable bonds is 3. The van der Waals surface area contributed by atoms with Crippen LogP contribution in [0.2, 0.25) is 10.4 Å². The van der Waals surface area contributed by atoms with Crippen molar-refractivity contribution in [1.82, 2.24) is 14.5 Å². The lowest BCUT2D eigenvalue weighted by Gasteiger charge is -2.37. The van der Waals surface area contributed by atoms with Gasteiger partial charge in [0, 0.05) is 13.1 Å². The zero-order valence-corrected chi connectivity index (χ0v) is 18.3. The fraction of sp³-hybridized carbons (Fsp3) is 0.500. The summed E-state index contributed by atoms with van der Waals surface area (Å²) in [6.45, 7) is 6.11. The number of aryl methyl sites for hydroxylation is 1. The van der Waals surface area contributed by atoms with Gasteiger partial charge in [0.25, 0.3) is 0 Å². The average Bonchev–Trinajstić information content (AvgIpc) is 2.92. The molecule has 30 heavy (non-hydrogen) atoms. The van der Waals surface area contributed by atoms with E-state index in [4.69, 9.17) is 27.9 Å². The van der Waals surface area contributed by atoms with Gasteiger partial charge in [-0.1, -0.05) is 23.7 Å². The Bertz CT molecular complexity index is 921. The van der Waals surface area contributed by atoms with Gasteiger partial charge < -0.3 is 9.30 Å². The first-order valence-corrected chi connectivity index (χ1v) is 10.2. The number of alkyl halides is 3. The second-order valence-corrected chi connectivity index (χ2v) is 8.83. The Kier molecular flexibility index (Phi) is 6.30. The van der Waals surface area contributed by atoms with E-state index in [-0.39, 0.29) is 10.4 Å². The van der Waals surface area contributed by atoms with Crippen LogP contribution in [0.15, 0.2) is 24.3 Å². The molecule has 3 rings (SSSR count). The van der Waals surface area contributed by atoms with E-state index >= 15 is 0 Å². The standard InChI is InChI=1S/C20H22Cl2F3N3O2/c1-19(2,3)30-18(29)27-10-11-28-15(16(21)26-17(28)22)14(27)9-6-12-4-7-13(8-5-12)20(23,24)25/h4-5,7-8,14H,6,9-11H2,1-3H3. The third-order valence-corrected chi connectivity index (χ3v) is 5.35. The lowest BCUT2D eigenvalue weighted by Crippen LogP contribution is -2.44. The van der Waals surface area contributed by atoms with Crippen LogP contribution in [0.4, 0.5) is 18.0 Å². The lowest BCUT2D eigenvalue weighted by atomic mass is 9.99. The molecule has 1 atom stereocenters. The van der Waals surface area contributed by atoms with Crippen molar-refractivity contribution in [3.8, 4) is 0 Å². The molecule has 0 fully saturated rings. The highest BCUT2D eigenvalue weighted by atomic mass is 35.5. The van der Waals surface area contributed by atoms with E-state index in [0.717, 1.165) is 12.1 Å². The van der Waals surface area contributed by atoms with Crippen molar-refractivity contribution in [3.63, 3.8) is 0 Å². The molecule has 0 saturated carbocycles. The molecule has 0 aliphatic carbocycles. The number of aromatic nitrogens is 2. The van der Waals surface area contributed by atoms with Crippen LogP contribution in [-0.4, -0.2) is 32.7 Å². The molecule has 10 heteroatoms. The predicted molar refractivity (Wildman–Crippen MR) is 108 cm³/mol. The molecular formula is C20H22Cl2F3N3O2. The summed E-state index contributed by atoms with van der Waals surface area (Å²) in [5, 5.41) is 0.434. The van der Waals surface area contributed by atoms with Crippen molar-refractivity contribution >= 4 is 29.3 Å². The van der Waals surface area contributed by atoms with Crippen LogP contribution in [0.1, 0.15) is 50.1 Å². The molecule has 1 aromatic heterocycles. The molecule has 0 radical (unpaired) electrons. The van der Waals surface area contributed by atoms with Crippen molar-refractivity contribution < 1.29 is 22.7 Å². The number of fused-ring (bicyclic) bond motifs is 1. The summed E-state index contributed by atoms with van der Waals surface area (Å²) in [6.07, 6.45) is -4.01. The van der Waals surface area contributed by atoms with Crippen molar-refractivity contribution in [2.24, 2.45) is 0 Å². The highest BCUT2D eigenvalue weighted by Crippen LogP contribution is 2.37. The summed E-state index contributed by atoms with van der Waals surface area (Å²) < 4.78 is 45.6. The highest BCUT2D eigenvalue weighted by molar-refractivity contribution is 6.33. The van der Waals surface area contributed by atoms with Crippen LogP contribution in [0.25, 0.3) is 0 Å². The Hall–Kier alpha value is -1.93. The Morgan fingerprint density at radius 2 is 1.80 bits per heavy atom. The lowest BCUT2D eigenvalue weighted by molar-refractivity contribution is -0.137. The highest BCUT2D eigenvalue weighted by Gasteiger charge is 2.37. The smallest absolute Gasteiger partial charge is 0.416 e. The Morgan fingerprint density at radius 1 is 1.17 bits per heavy atom. The van der Waals surface area contributed by atoms with E-state index < -0.39 is 29.5 Å². The number of carbonyl (C=O) groups is 1. The number of hydrogen-bond donors (Lipinski definition) is 0. The maximum atomic E-state index is 12.8. The summed E-state index contributed by atoms with van der Waals surface area (Å²) in [7, 11) is 0. The van der Waals surface area contributed by atoms with Gasteiger partial charge in [0.2, 0.25) is 5.28 Å². The maximum absolute atomic E-state index is 12.8. The monoisotopic (exact) mass is 463 g/mol. The van der Waals surface area contributed by atoms with Gasteiger partial charge >= 0.3 is 12.3 Å². The van der Waals surface area contributed by atoms with E-state index in [1.54, 1.807) is 30.2 Å². The number of carbonyl (C=O) groups excluding carboxylic acids is 1. The van der Waals surface area contributed by atoms with Crippen LogP contribution in [0.5, 0.6) is 0 Å². The molecule has 1 aromatic carbocycles. The number of hydrogen-bond acceptors (Lipinski definition) is 3. The molecule has 1 aliphatic rings. The fourth-order valence-corrected chi connectivity index (χ4v) is 4.06. The number of benzene rings is 1. The number of nitrogens with zero attached hydrogens (tertiary/aromatic N) is 3. The Morgan fingerprint density at radius 3 is 2.37 bits per heavy atom. The van der Waals surface area contributed by atoms with Gasteiger partial charge in [0.1, 0.15) is 5.60 Å².